The fraction of sp³-hybridized carbons (Fsp3) is 0.462. The van der Waals surface area contributed by atoms with Gasteiger partial charge in [0.25, 0.3) is 0 Å². The molecular weight excluding hydrogens is 302 g/mol. The van der Waals surface area contributed by atoms with Crippen molar-refractivity contribution in [2.45, 2.75) is 32.1 Å². The van der Waals surface area contributed by atoms with Crippen molar-refractivity contribution in [3.05, 3.63) is 29.5 Å². The SMILES string of the molecule is NCc1cnc(-c2nc3n(n2)CCC(C(F)(F)F)C3)c(F)c1. The summed E-state index contributed by atoms with van der Waals surface area (Å²) < 4.78 is 53.7. The Hall–Kier alpha value is -2.03. The highest BCUT2D eigenvalue weighted by Crippen LogP contribution is 2.34. The maximum Gasteiger partial charge on any atom is 0.392 e. The van der Waals surface area contributed by atoms with E-state index < -0.39 is 17.9 Å². The molecule has 0 bridgehead atoms. The molecule has 1 aliphatic heterocycles. The van der Waals surface area contributed by atoms with E-state index in [1.807, 2.05) is 0 Å². The lowest BCUT2D eigenvalue weighted by Gasteiger charge is -2.24. The van der Waals surface area contributed by atoms with Gasteiger partial charge in [0.2, 0.25) is 5.82 Å². The zero-order valence-electron chi connectivity index (χ0n) is 11.4. The summed E-state index contributed by atoms with van der Waals surface area (Å²) in [6, 6.07) is 1.22. The lowest BCUT2D eigenvalue weighted by atomic mass is 9.98. The third kappa shape index (κ3) is 2.68. The van der Waals surface area contributed by atoms with Gasteiger partial charge in [-0.15, -0.1) is 5.10 Å². The number of aromatic nitrogens is 4. The van der Waals surface area contributed by atoms with Crippen LogP contribution >= 0.6 is 0 Å². The monoisotopic (exact) mass is 315 g/mol. The minimum Gasteiger partial charge on any atom is -0.326 e. The Morgan fingerprint density at radius 3 is 2.77 bits per heavy atom. The summed E-state index contributed by atoms with van der Waals surface area (Å²) >= 11 is 0. The molecule has 2 N–H and O–H groups in total. The molecule has 5 nitrogen and oxygen atoms in total. The van der Waals surface area contributed by atoms with Crippen molar-refractivity contribution in [3.63, 3.8) is 0 Å². The van der Waals surface area contributed by atoms with Crippen LogP contribution in [0, 0.1) is 11.7 Å². The molecule has 0 radical (unpaired) electrons. The molecule has 0 aromatic carbocycles. The topological polar surface area (TPSA) is 69.6 Å². The first-order chi connectivity index (χ1) is 10.4. The van der Waals surface area contributed by atoms with Crippen molar-refractivity contribution < 1.29 is 17.6 Å². The molecule has 0 spiro atoms. The standard InChI is InChI=1S/C13H13F4N5/c14-9-3-7(5-18)6-19-11(9)12-20-10-4-8(13(15,16)17)1-2-22(10)21-12/h3,6,8H,1-2,4-5,18H2. The second kappa shape index (κ2) is 5.31. The highest BCUT2D eigenvalue weighted by molar-refractivity contribution is 5.50. The largest absolute Gasteiger partial charge is 0.392 e. The van der Waals surface area contributed by atoms with Gasteiger partial charge >= 0.3 is 6.18 Å². The van der Waals surface area contributed by atoms with Gasteiger partial charge in [-0.25, -0.2) is 19.0 Å². The molecule has 1 atom stereocenters. The molecule has 2 aromatic rings. The van der Waals surface area contributed by atoms with Gasteiger partial charge in [0, 0.05) is 25.7 Å². The molecular formula is C13H13F4N5. The van der Waals surface area contributed by atoms with Crippen molar-refractivity contribution in [2.24, 2.45) is 11.7 Å². The van der Waals surface area contributed by atoms with Gasteiger partial charge in [0.15, 0.2) is 5.82 Å². The van der Waals surface area contributed by atoms with Gasteiger partial charge in [0.05, 0.1) is 5.92 Å². The minimum absolute atomic E-state index is 0.00102. The molecule has 0 saturated carbocycles. The summed E-state index contributed by atoms with van der Waals surface area (Å²) in [4.78, 5) is 7.93. The van der Waals surface area contributed by atoms with Crippen molar-refractivity contribution >= 4 is 0 Å². The number of alkyl halides is 3. The Kier molecular flexibility index (Phi) is 3.59. The van der Waals surface area contributed by atoms with Crippen LogP contribution in [0.4, 0.5) is 17.6 Å². The van der Waals surface area contributed by atoms with E-state index in [4.69, 9.17) is 5.73 Å². The van der Waals surface area contributed by atoms with Gasteiger partial charge in [-0.05, 0) is 18.1 Å². The molecule has 0 amide bonds. The maximum atomic E-state index is 14.0. The summed E-state index contributed by atoms with van der Waals surface area (Å²) in [7, 11) is 0. The fourth-order valence-corrected chi connectivity index (χ4v) is 2.44. The molecule has 0 fully saturated rings. The average molecular weight is 315 g/mol. The van der Waals surface area contributed by atoms with Crippen molar-refractivity contribution in [1.82, 2.24) is 19.7 Å². The number of rotatable bonds is 2. The molecule has 118 valence electrons. The summed E-state index contributed by atoms with van der Waals surface area (Å²) in [5.74, 6) is -1.88. The van der Waals surface area contributed by atoms with Crippen LogP contribution in [0.3, 0.4) is 0 Å². The number of halogens is 4. The van der Waals surface area contributed by atoms with E-state index in [2.05, 4.69) is 15.1 Å². The van der Waals surface area contributed by atoms with Crippen LogP contribution in [0.15, 0.2) is 12.3 Å². The molecule has 1 unspecified atom stereocenters. The van der Waals surface area contributed by atoms with E-state index in [-0.39, 0.29) is 43.3 Å². The highest BCUT2D eigenvalue weighted by atomic mass is 19.4. The van der Waals surface area contributed by atoms with E-state index >= 15 is 0 Å². The Labute approximate surface area is 123 Å². The Balaban J connectivity index is 1.91. The van der Waals surface area contributed by atoms with Crippen molar-refractivity contribution in [1.29, 1.82) is 0 Å². The normalized spacial score (nSPS) is 18.3. The average Bonchev–Trinajstić information content (AvgIpc) is 2.88. The highest BCUT2D eigenvalue weighted by Gasteiger charge is 2.42. The number of pyridine rings is 1. The summed E-state index contributed by atoms with van der Waals surface area (Å²) in [5.41, 5.74) is 5.83. The number of hydrogen-bond acceptors (Lipinski definition) is 4. The number of fused-ring (bicyclic) bond motifs is 1. The van der Waals surface area contributed by atoms with Gasteiger partial charge in [-0.2, -0.15) is 13.2 Å². The Morgan fingerprint density at radius 1 is 1.36 bits per heavy atom. The van der Waals surface area contributed by atoms with Gasteiger partial charge < -0.3 is 5.73 Å². The summed E-state index contributed by atoms with van der Waals surface area (Å²) in [6.07, 6.45) is -3.17. The number of aryl methyl sites for hydroxylation is 1. The molecule has 3 rings (SSSR count). The first kappa shape index (κ1) is 14.9. The summed E-state index contributed by atoms with van der Waals surface area (Å²) in [5, 5.41) is 4.06. The molecule has 1 aliphatic rings. The van der Waals surface area contributed by atoms with Gasteiger partial charge in [-0.3, -0.25) is 0 Å². The molecule has 2 aromatic heterocycles. The van der Waals surface area contributed by atoms with Crippen LogP contribution in [0.1, 0.15) is 17.8 Å². The lowest BCUT2D eigenvalue weighted by molar-refractivity contribution is -0.179. The quantitative estimate of drug-likeness (QED) is 0.861. The molecule has 3 heterocycles. The van der Waals surface area contributed by atoms with Gasteiger partial charge in [0.1, 0.15) is 11.5 Å². The Bertz CT molecular complexity index is 694. The van der Waals surface area contributed by atoms with E-state index in [0.29, 0.717) is 5.56 Å². The van der Waals surface area contributed by atoms with Crippen molar-refractivity contribution in [2.75, 3.05) is 0 Å². The van der Waals surface area contributed by atoms with Gasteiger partial charge in [-0.1, -0.05) is 0 Å². The van der Waals surface area contributed by atoms with Crippen LogP contribution in [0.5, 0.6) is 0 Å². The smallest absolute Gasteiger partial charge is 0.326 e. The lowest BCUT2D eigenvalue weighted by Crippen LogP contribution is -2.31. The third-order valence-corrected chi connectivity index (χ3v) is 3.67. The van der Waals surface area contributed by atoms with Crippen LogP contribution in [-0.4, -0.2) is 25.9 Å². The predicted octanol–water partition coefficient (Wildman–Crippen LogP) is 2.06. The second-order valence-corrected chi connectivity index (χ2v) is 5.18. The van der Waals surface area contributed by atoms with Crippen LogP contribution in [0.25, 0.3) is 11.5 Å². The molecule has 9 heteroatoms. The number of nitrogens with two attached hydrogens (primary N) is 1. The fourth-order valence-electron chi connectivity index (χ4n) is 2.44. The zero-order valence-corrected chi connectivity index (χ0v) is 11.4. The Morgan fingerprint density at radius 2 is 2.14 bits per heavy atom. The van der Waals surface area contributed by atoms with E-state index in [1.54, 1.807) is 0 Å². The first-order valence-electron chi connectivity index (χ1n) is 6.73. The van der Waals surface area contributed by atoms with E-state index in [0.717, 1.165) is 0 Å². The number of hydrogen-bond donors (Lipinski definition) is 1. The van der Waals surface area contributed by atoms with E-state index in [1.165, 1.54) is 16.9 Å². The molecule has 0 aliphatic carbocycles. The van der Waals surface area contributed by atoms with Crippen molar-refractivity contribution in [3.8, 4) is 11.5 Å². The predicted molar refractivity (Wildman–Crippen MR) is 69.0 cm³/mol. The third-order valence-electron chi connectivity index (χ3n) is 3.67. The van der Waals surface area contributed by atoms with Crippen LogP contribution < -0.4 is 5.73 Å². The summed E-state index contributed by atoms with van der Waals surface area (Å²) in [6.45, 7) is 0.250. The maximum absolute atomic E-state index is 14.0. The molecule has 0 saturated heterocycles. The minimum atomic E-state index is -4.26. The number of nitrogens with zero attached hydrogens (tertiary/aromatic N) is 4. The zero-order chi connectivity index (χ0) is 15.9. The second-order valence-electron chi connectivity index (χ2n) is 5.18. The molecule has 22 heavy (non-hydrogen) atoms. The van der Waals surface area contributed by atoms with E-state index in [9.17, 15) is 17.6 Å². The van der Waals surface area contributed by atoms with Crippen LogP contribution in [-0.2, 0) is 19.5 Å². The van der Waals surface area contributed by atoms with Crippen LogP contribution in [0.2, 0.25) is 0 Å². The first-order valence-corrected chi connectivity index (χ1v) is 6.73.